The summed E-state index contributed by atoms with van der Waals surface area (Å²) in [5.41, 5.74) is 5.79. The fourth-order valence-corrected chi connectivity index (χ4v) is 4.12. The van der Waals surface area contributed by atoms with Crippen molar-refractivity contribution in [2.45, 2.75) is 6.92 Å². The molecule has 0 atom stereocenters. The van der Waals surface area contributed by atoms with Gasteiger partial charge in [-0.3, -0.25) is 0 Å². The molecule has 6 heteroatoms. The van der Waals surface area contributed by atoms with Crippen molar-refractivity contribution in [1.82, 2.24) is 20.3 Å². The zero-order valence-corrected chi connectivity index (χ0v) is 18.0. The number of aromatic amines is 1. The first kappa shape index (κ1) is 19.6. The van der Waals surface area contributed by atoms with E-state index in [0.717, 1.165) is 70.8 Å². The zero-order chi connectivity index (χ0) is 21.2. The van der Waals surface area contributed by atoms with Gasteiger partial charge in [-0.25, -0.2) is 9.97 Å². The van der Waals surface area contributed by atoms with Gasteiger partial charge in [0.2, 0.25) is 0 Å². The van der Waals surface area contributed by atoms with Gasteiger partial charge in [0.1, 0.15) is 11.5 Å². The van der Waals surface area contributed by atoms with Crippen molar-refractivity contribution in [2.75, 3.05) is 31.1 Å². The van der Waals surface area contributed by atoms with Crippen LogP contribution in [0.4, 0.5) is 5.82 Å². The molecular formula is C25H22ClN5. The minimum absolute atomic E-state index is 0.670. The Balaban J connectivity index is 1.51. The Bertz CT molecular complexity index is 1290. The SMILES string of the molecule is Cc1cccc(Cl)c1C#Cc1c[nH]c2ncc(-c3ccnc(N4CCNCC4)c3)cc12. The molecule has 5 rings (SSSR count). The molecule has 4 heterocycles. The van der Waals surface area contributed by atoms with Crippen LogP contribution in [0.15, 0.2) is 55.0 Å². The molecule has 5 nitrogen and oxygen atoms in total. The van der Waals surface area contributed by atoms with E-state index in [0.29, 0.717) is 5.02 Å². The Labute approximate surface area is 186 Å². The maximum atomic E-state index is 6.34. The molecular weight excluding hydrogens is 406 g/mol. The summed E-state index contributed by atoms with van der Waals surface area (Å²) in [4.78, 5) is 14.7. The average Bonchev–Trinajstić information content (AvgIpc) is 3.22. The van der Waals surface area contributed by atoms with Crippen LogP contribution in [-0.2, 0) is 0 Å². The van der Waals surface area contributed by atoms with Gasteiger partial charge in [0.15, 0.2) is 0 Å². The summed E-state index contributed by atoms with van der Waals surface area (Å²) in [6.07, 6.45) is 5.67. The van der Waals surface area contributed by atoms with E-state index in [1.54, 1.807) is 0 Å². The predicted octanol–water partition coefficient (Wildman–Crippen LogP) is 4.40. The Morgan fingerprint density at radius 3 is 2.74 bits per heavy atom. The van der Waals surface area contributed by atoms with Gasteiger partial charge >= 0.3 is 0 Å². The second-order valence-electron chi connectivity index (χ2n) is 7.64. The fraction of sp³-hybridized carbons (Fsp3) is 0.200. The van der Waals surface area contributed by atoms with Crippen LogP contribution >= 0.6 is 11.6 Å². The Morgan fingerprint density at radius 1 is 1.03 bits per heavy atom. The molecule has 1 saturated heterocycles. The molecule has 1 aliphatic heterocycles. The molecule has 0 radical (unpaired) electrons. The average molecular weight is 428 g/mol. The number of anilines is 1. The smallest absolute Gasteiger partial charge is 0.138 e. The number of hydrogen-bond donors (Lipinski definition) is 2. The quantitative estimate of drug-likeness (QED) is 0.466. The van der Waals surface area contributed by atoms with Crippen LogP contribution in [0.3, 0.4) is 0 Å². The van der Waals surface area contributed by atoms with Gasteiger partial charge in [-0.2, -0.15) is 0 Å². The van der Waals surface area contributed by atoms with Crippen molar-refractivity contribution in [1.29, 1.82) is 0 Å². The van der Waals surface area contributed by atoms with Crippen LogP contribution < -0.4 is 10.2 Å². The molecule has 4 aromatic rings. The number of fused-ring (bicyclic) bond motifs is 1. The molecule has 31 heavy (non-hydrogen) atoms. The van der Waals surface area contributed by atoms with Gasteiger partial charge in [-0.15, -0.1) is 0 Å². The largest absolute Gasteiger partial charge is 0.354 e. The van der Waals surface area contributed by atoms with E-state index < -0.39 is 0 Å². The molecule has 1 aliphatic rings. The maximum absolute atomic E-state index is 6.34. The Morgan fingerprint density at radius 2 is 1.90 bits per heavy atom. The normalized spacial score (nSPS) is 13.8. The van der Waals surface area contributed by atoms with E-state index >= 15 is 0 Å². The van der Waals surface area contributed by atoms with Crippen molar-refractivity contribution >= 4 is 28.5 Å². The van der Waals surface area contributed by atoms with E-state index in [9.17, 15) is 0 Å². The van der Waals surface area contributed by atoms with E-state index in [1.807, 2.05) is 49.8 Å². The van der Waals surface area contributed by atoms with Crippen LogP contribution in [0, 0.1) is 18.8 Å². The molecule has 0 bridgehead atoms. The number of nitrogens with one attached hydrogen (secondary N) is 2. The first-order valence-corrected chi connectivity index (χ1v) is 10.7. The number of H-pyrrole nitrogens is 1. The number of aromatic nitrogens is 3. The minimum atomic E-state index is 0.670. The Hall–Kier alpha value is -3.33. The molecule has 3 aromatic heterocycles. The fourth-order valence-electron chi connectivity index (χ4n) is 3.85. The van der Waals surface area contributed by atoms with Crippen LogP contribution in [0.5, 0.6) is 0 Å². The lowest BCUT2D eigenvalue weighted by Gasteiger charge is -2.28. The lowest BCUT2D eigenvalue weighted by atomic mass is 10.1. The number of piperazine rings is 1. The molecule has 154 valence electrons. The van der Waals surface area contributed by atoms with Crippen LogP contribution in [0.1, 0.15) is 16.7 Å². The van der Waals surface area contributed by atoms with E-state index in [4.69, 9.17) is 11.6 Å². The molecule has 0 unspecified atom stereocenters. The molecule has 0 spiro atoms. The van der Waals surface area contributed by atoms with Gasteiger partial charge in [0, 0.05) is 61.3 Å². The topological polar surface area (TPSA) is 56.8 Å². The van der Waals surface area contributed by atoms with E-state index in [1.165, 1.54) is 0 Å². The summed E-state index contributed by atoms with van der Waals surface area (Å²) in [5.74, 6) is 7.51. The van der Waals surface area contributed by atoms with Crippen LogP contribution in [0.2, 0.25) is 5.02 Å². The summed E-state index contributed by atoms with van der Waals surface area (Å²) in [7, 11) is 0. The highest BCUT2D eigenvalue weighted by atomic mass is 35.5. The van der Waals surface area contributed by atoms with Crippen LogP contribution in [0.25, 0.3) is 22.2 Å². The summed E-state index contributed by atoms with van der Waals surface area (Å²) < 4.78 is 0. The van der Waals surface area contributed by atoms with Gasteiger partial charge in [-0.05, 0) is 42.3 Å². The molecule has 2 N–H and O–H groups in total. The molecule has 0 amide bonds. The highest BCUT2D eigenvalue weighted by Gasteiger charge is 2.13. The third-order valence-corrected chi connectivity index (χ3v) is 5.91. The predicted molar refractivity (Wildman–Crippen MR) is 127 cm³/mol. The van der Waals surface area contributed by atoms with Gasteiger partial charge in [0.25, 0.3) is 0 Å². The first-order chi connectivity index (χ1) is 15.2. The van der Waals surface area contributed by atoms with Crippen LogP contribution in [-0.4, -0.2) is 41.1 Å². The zero-order valence-electron chi connectivity index (χ0n) is 17.2. The number of pyridine rings is 2. The molecule has 0 aliphatic carbocycles. The van der Waals surface area contributed by atoms with Gasteiger partial charge < -0.3 is 15.2 Å². The van der Waals surface area contributed by atoms with Crippen molar-refractivity contribution < 1.29 is 0 Å². The monoisotopic (exact) mass is 427 g/mol. The molecule has 1 aromatic carbocycles. The molecule has 0 saturated carbocycles. The number of halogens is 1. The summed E-state index contributed by atoms with van der Waals surface area (Å²) >= 11 is 6.34. The number of aryl methyl sites for hydroxylation is 1. The second kappa shape index (κ2) is 8.43. The number of nitrogens with zero attached hydrogens (tertiary/aromatic N) is 3. The third kappa shape index (κ3) is 4.00. The van der Waals surface area contributed by atoms with E-state index in [-0.39, 0.29) is 0 Å². The van der Waals surface area contributed by atoms with Crippen molar-refractivity contribution in [3.8, 4) is 23.0 Å². The lowest BCUT2D eigenvalue weighted by Crippen LogP contribution is -2.43. The van der Waals surface area contributed by atoms with Crippen molar-refractivity contribution in [2.24, 2.45) is 0 Å². The summed E-state index contributed by atoms with van der Waals surface area (Å²) in [6.45, 7) is 5.91. The second-order valence-corrected chi connectivity index (χ2v) is 8.05. The standard InChI is InChI=1S/C25H22ClN5/c1-17-3-2-4-23(26)21(17)6-5-19-15-29-25-22(19)13-20(16-30-25)18-7-8-28-24(14-18)31-11-9-27-10-12-31/h2-4,7-8,13-16,27H,9-12H2,1H3,(H,29,30). The minimum Gasteiger partial charge on any atom is -0.354 e. The van der Waals surface area contributed by atoms with E-state index in [2.05, 4.69) is 49.1 Å². The van der Waals surface area contributed by atoms with Gasteiger partial charge in [0.05, 0.1) is 10.6 Å². The first-order valence-electron chi connectivity index (χ1n) is 10.4. The number of rotatable bonds is 2. The van der Waals surface area contributed by atoms with Gasteiger partial charge in [-0.1, -0.05) is 35.6 Å². The van der Waals surface area contributed by atoms with Crippen molar-refractivity contribution in [3.63, 3.8) is 0 Å². The van der Waals surface area contributed by atoms with Crippen molar-refractivity contribution in [3.05, 3.63) is 76.7 Å². The maximum Gasteiger partial charge on any atom is 0.138 e. The third-order valence-electron chi connectivity index (χ3n) is 5.60. The highest BCUT2D eigenvalue weighted by Crippen LogP contribution is 2.27. The number of benzene rings is 1. The highest BCUT2D eigenvalue weighted by molar-refractivity contribution is 6.31. The summed E-state index contributed by atoms with van der Waals surface area (Å²) in [6, 6.07) is 12.1. The Kier molecular flexibility index (Phi) is 5.33. The lowest BCUT2D eigenvalue weighted by molar-refractivity contribution is 0.585. The number of hydrogen-bond acceptors (Lipinski definition) is 4. The molecule has 1 fully saturated rings. The summed E-state index contributed by atoms with van der Waals surface area (Å²) in [5, 5.41) is 5.05.